The summed E-state index contributed by atoms with van der Waals surface area (Å²) in [5.41, 5.74) is 0. The van der Waals surface area contributed by atoms with E-state index < -0.39 is 9.84 Å². The van der Waals surface area contributed by atoms with Crippen molar-refractivity contribution < 1.29 is 13.5 Å². The summed E-state index contributed by atoms with van der Waals surface area (Å²) in [5.74, 6) is 0.173. The number of hydrogen-bond acceptors (Lipinski definition) is 4. The fraction of sp³-hybridized carbons (Fsp3) is 1.00. The van der Waals surface area contributed by atoms with Crippen LogP contribution in [0.4, 0.5) is 0 Å². The molecule has 0 aliphatic heterocycles. The van der Waals surface area contributed by atoms with Crippen LogP contribution in [0.25, 0.3) is 0 Å². The van der Waals surface area contributed by atoms with Gasteiger partial charge in [-0.1, -0.05) is 51.4 Å². The molecule has 0 heterocycles. The lowest BCUT2D eigenvalue weighted by Gasteiger charge is -2.32. The van der Waals surface area contributed by atoms with Crippen LogP contribution in [-0.4, -0.2) is 56.2 Å². The quantitative estimate of drug-likeness (QED) is 0.865. The Hall–Kier alpha value is -0.130. The molecule has 21 heavy (non-hydrogen) atoms. The summed E-state index contributed by atoms with van der Waals surface area (Å²) in [6.45, 7) is 0.514. The third kappa shape index (κ3) is 8.79. The van der Waals surface area contributed by atoms with E-state index in [-0.39, 0.29) is 17.9 Å². The van der Waals surface area contributed by atoms with Crippen molar-refractivity contribution in [1.29, 1.82) is 0 Å². The highest BCUT2D eigenvalue weighted by atomic mass is 32.2. The van der Waals surface area contributed by atoms with Gasteiger partial charge in [0.25, 0.3) is 0 Å². The Balaban J connectivity index is 2.54. The second-order valence-corrected chi connectivity index (χ2v) is 8.91. The molecule has 0 radical (unpaired) electrons. The highest BCUT2D eigenvalue weighted by Crippen LogP contribution is 2.20. The van der Waals surface area contributed by atoms with Crippen molar-refractivity contribution in [3.05, 3.63) is 0 Å². The SMILES string of the molecule is CN(CCS(C)(=O)=O)C1CCCCCCCCCCC1O. The molecule has 0 spiro atoms. The number of likely N-dealkylation sites (N-methyl/N-ethyl adjacent to an activating group) is 1. The molecule has 5 heteroatoms. The van der Waals surface area contributed by atoms with Gasteiger partial charge in [-0.05, 0) is 19.9 Å². The average molecular weight is 320 g/mol. The van der Waals surface area contributed by atoms with Gasteiger partial charge in [0.05, 0.1) is 11.9 Å². The predicted molar refractivity (Wildman–Crippen MR) is 88.3 cm³/mol. The maximum absolute atomic E-state index is 11.3. The van der Waals surface area contributed by atoms with Crippen molar-refractivity contribution >= 4 is 9.84 Å². The molecule has 0 amide bonds. The summed E-state index contributed by atoms with van der Waals surface area (Å²) >= 11 is 0. The van der Waals surface area contributed by atoms with Gasteiger partial charge in [0.1, 0.15) is 9.84 Å². The van der Waals surface area contributed by atoms with Gasteiger partial charge in [-0.3, -0.25) is 4.90 Å². The highest BCUT2D eigenvalue weighted by molar-refractivity contribution is 7.90. The first kappa shape index (κ1) is 18.9. The maximum Gasteiger partial charge on any atom is 0.148 e. The zero-order valence-electron chi connectivity index (χ0n) is 13.8. The number of aliphatic hydroxyl groups excluding tert-OH is 1. The average Bonchev–Trinajstić information content (AvgIpc) is 2.39. The van der Waals surface area contributed by atoms with E-state index in [4.69, 9.17) is 0 Å². The van der Waals surface area contributed by atoms with E-state index >= 15 is 0 Å². The van der Waals surface area contributed by atoms with Gasteiger partial charge in [0.2, 0.25) is 0 Å². The zero-order valence-corrected chi connectivity index (χ0v) is 14.6. The Bertz CT molecular complexity index is 370. The summed E-state index contributed by atoms with van der Waals surface area (Å²) in [7, 11) is -0.989. The van der Waals surface area contributed by atoms with E-state index in [2.05, 4.69) is 4.90 Å². The minimum absolute atomic E-state index is 0.103. The van der Waals surface area contributed by atoms with Crippen LogP contribution in [0.1, 0.15) is 64.2 Å². The molecule has 4 nitrogen and oxygen atoms in total. The maximum atomic E-state index is 11.3. The van der Waals surface area contributed by atoms with Crippen LogP contribution in [-0.2, 0) is 9.84 Å². The van der Waals surface area contributed by atoms with Crippen LogP contribution in [0, 0.1) is 0 Å². The van der Waals surface area contributed by atoms with Crippen molar-refractivity contribution in [2.45, 2.75) is 76.4 Å². The Morgan fingerprint density at radius 3 is 1.95 bits per heavy atom. The number of rotatable bonds is 4. The van der Waals surface area contributed by atoms with Gasteiger partial charge < -0.3 is 5.11 Å². The molecule has 1 aliphatic rings. The number of aliphatic hydroxyl groups is 1. The van der Waals surface area contributed by atoms with Crippen LogP contribution < -0.4 is 0 Å². The van der Waals surface area contributed by atoms with Crippen molar-refractivity contribution in [2.24, 2.45) is 0 Å². The highest BCUT2D eigenvalue weighted by Gasteiger charge is 2.23. The smallest absolute Gasteiger partial charge is 0.148 e. The van der Waals surface area contributed by atoms with Gasteiger partial charge in [-0.25, -0.2) is 8.42 Å². The summed E-state index contributed by atoms with van der Waals surface area (Å²) in [5, 5.41) is 10.5. The van der Waals surface area contributed by atoms with Crippen molar-refractivity contribution in [3.63, 3.8) is 0 Å². The van der Waals surface area contributed by atoms with Crippen molar-refractivity contribution in [3.8, 4) is 0 Å². The van der Waals surface area contributed by atoms with Gasteiger partial charge in [-0.2, -0.15) is 0 Å². The van der Waals surface area contributed by atoms with Gasteiger partial charge >= 0.3 is 0 Å². The molecule has 1 rings (SSSR count). The topological polar surface area (TPSA) is 57.6 Å². The molecule has 0 saturated heterocycles. The third-order valence-electron chi connectivity index (χ3n) is 4.57. The van der Waals surface area contributed by atoms with Crippen LogP contribution in [0.2, 0.25) is 0 Å². The van der Waals surface area contributed by atoms with E-state index in [0.29, 0.717) is 6.54 Å². The molecule has 1 N–H and O–H groups in total. The van der Waals surface area contributed by atoms with E-state index in [0.717, 1.165) is 25.7 Å². The number of sulfone groups is 1. The molecule has 126 valence electrons. The summed E-state index contributed by atoms with van der Waals surface area (Å²) in [4.78, 5) is 2.05. The molecule has 1 aliphatic carbocycles. The zero-order chi connectivity index (χ0) is 15.7. The lowest BCUT2D eigenvalue weighted by molar-refractivity contribution is 0.0512. The van der Waals surface area contributed by atoms with Crippen LogP contribution in [0.3, 0.4) is 0 Å². The Morgan fingerprint density at radius 2 is 1.43 bits per heavy atom. The molecule has 0 aromatic carbocycles. The second-order valence-electron chi connectivity index (χ2n) is 6.65. The number of nitrogens with zero attached hydrogens (tertiary/aromatic N) is 1. The minimum atomic E-state index is -2.94. The molecular formula is C16H33NO3S. The normalized spacial score (nSPS) is 27.0. The monoisotopic (exact) mass is 319 g/mol. The molecular weight excluding hydrogens is 286 g/mol. The molecule has 1 saturated carbocycles. The summed E-state index contributed by atoms with van der Waals surface area (Å²) < 4.78 is 22.6. The van der Waals surface area contributed by atoms with Crippen molar-refractivity contribution in [2.75, 3.05) is 25.6 Å². The molecule has 0 aromatic heterocycles. The summed E-state index contributed by atoms with van der Waals surface area (Å²) in [6, 6.07) is 0.103. The van der Waals surface area contributed by atoms with Crippen LogP contribution >= 0.6 is 0 Å². The summed E-state index contributed by atoms with van der Waals surface area (Å²) in [6.07, 6.45) is 12.6. The first-order chi connectivity index (χ1) is 9.90. The van der Waals surface area contributed by atoms with Crippen LogP contribution in [0.5, 0.6) is 0 Å². The minimum Gasteiger partial charge on any atom is -0.391 e. The molecule has 0 bridgehead atoms. The lowest BCUT2D eigenvalue weighted by atomic mass is 9.95. The fourth-order valence-corrected chi connectivity index (χ4v) is 3.76. The Morgan fingerprint density at radius 1 is 0.952 bits per heavy atom. The van der Waals surface area contributed by atoms with E-state index in [9.17, 15) is 13.5 Å². The Labute approximate surface area is 130 Å². The second kappa shape index (κ2) is 9.80. The third-order valence-corrected chi connectivity index (χ3v) is 5.50. The molecule has 2 unspecified atom stereocenters. The molecule has 1 fully saturated rings. The standard InChI is InChI=1S/C16H33NO3S/c1-17(13-14-21(2,19)20)15-11-9-7-5-3-4-6-8-10-12-16(15)18/h15-16,18H,3-14H2,1-2H3. The molecule has 2 atom stereocenters. The van der Waals surface area contributed by atoms with Crippen LogP contribution in [0.15, 0.2) is 0 Å². The first-order valence-electron chi connectivity index (χ1n) is 8.46. The van der Waals surface area contributed by atoms with Crippen molar-refractivity contribution in [1.82, 2.24) is 4.90 Å². The fourth-order valence-electron chi connectivity index (χ4n) is 3.14. The largest absolute Gasteiger partial charge is 0.391 e. The lowest BCUT2D eigenvalue weighted by Crippen LogP contribution is -2.43. The molecule has 0 aromatic rings. The van der Waals surface area contributed by atoms with E-state index in [1.54, 1.807) is 0 Å². The van der Waals surface area contributed by atoms with E-state index in [1.165, 1.54) is 44.8 Å². The number of hydrogen-bond donors (Lipinski definition) is 1. The first-order valence-corrected chi connectivity index (χ1v) is 10.5. The predicted octanol–water partition coefficient (Wildman–Crippen LogP) is 2.61. The van der Waals surface area contributed by atoms with E-state index in [1.807, 2.05) is 7.05 Å². The Kier molecular flexibility index (Phi) is 8.83. The van der Waals surface area contributed by atoms with Gasteiger partial charge in [-0.15, -0.1) is 0 Å². The van der Waals surface area contributed by atoms with Gasteiger partial charge in [0, 0.05) is 18.8 Å². The van der Waals surface area contributed by atoms with Gasteiger partial charge in [0.15, 0.2) is 0 Å².